The molecule has 0 amide bonds. The van der Waals surface area contributed by atoms with Gasteiger partial charge in [0.15, 0.2) is 5.82 Å². The molecule has 0 saturated carbocycles. The normalized spacial score (nSPS) is 11.2. The van der Waals surface area contributed by atoms with Crippen LogP contribution >= 0.6 is 11.6 Å². The molecule has 6 heteroatoms. The van der Waals surface area contributed by atoms with E-state index in [4.69, 9.17) is 17.3 Å². The van der Waals surface area contributed by atoms with Crippen molar-refractivity contribution < 1.29 is 8.78 Å². The maximum absolute atomic E-state index is 15.0. The fourth-order valence-corrected chi connectivity index (χ4v) is 3.24. The minimum Gasteiger partial charge on any atom is -0.399 e. The van der Waals surface area contributed by atoms with E-state index in [1.54, 1.807) is 42.6 Å². The lowest BCUT2D eigenvalue weighted by Crippen LogP contribution is -2.03. The summed E-state index contributed by atoms with van der Waals surface area (Å²) >= 11 is 6.31. The van der Waals surface area contributed by atoms with Gasteiger partial charge in [-0.3, -0.25) is 4.68 Å². The Balaban J connectivity index is 1.81. The molecule has 0 fully saturated rings. The van der Waals surface area contributed by atoms with E-state index in [9.17, 15) is 4.39 Å². The summed E-state index contributed by atoms with van der Waals surface area (Å²) in [6, 6.07) is 14.9. The van der Waals surface area contributed by atoms with E-state index < -0.39 is 5.82 Å². The Bertz CT molecular complexity index is 1100. The van der Waals surface area contributed by atoms with Gasteiger partial charge in [-0.1, -0.05) is 35.9 Å². The van der Waals surface area contributed by atoms with Crippen molar-refractivity contribution in [1.29, 1.82) is 0 Å². The van der Waals surface area contributed by atoms with Crippen molar-refractivity contribution in [2.75, 3.05) is 5.73 Å². The molecule has 3 aromatic carbocycles. The number of nitrogen functional groups attached to an aromatic ring is 1. The number of fused-ring (bicyclic) bond motifs is 1. The molecule has 26 heavy (non-hydrogen) atoms. The van der Waals surface area contributed by atoms with Crippen molar-refractivity contribution in [2.45, 2.75) is 6.54 Å². The molecule has 0 unspecified atom stereocenters. The van der Waals surface area contributed by atoms with E-state index in [1.807, 2.05) is 6.07 Å². The molecule has 0 aliphatic rings. The van der Waals surface area contributed by atoms with Gasteiger partial charge in [-0.05, 0) is 41.5 Å². The highest BCUT2D eigenvalue weighted by atomic mass is 35.5. The van der Waals surface area contributed by atoms with E-state index in [2.05, 4.69) is 5.10 Å². The molecule has 0 saturated heterocycles. The fraction of sp³-hybridized carbons (Fsp3) is 0.0500. The summed E-state index contributed by atoms with van der Waals surface area (Å²) < 4.78 is 29.6. The molecule has 0 radical (unpaired) electrons. The maximum Gasteiger partial charge on any atom is 0.168 e. The third-order valence-electron chi connectivity index (χ3n) is 4.25. The largest absolute Gasteiger partial charge is 0.399 e. The predicted molar refractivity (Wildman–Crippen MR) is 100 cm³/mol. The second kappa shape index (κ2) is 6.42. The molecule has 0 spiro atoms. The average molecular weight is 370 g/mol. The van der Waals surface area contributed by atoms with Crippen LogP contribution in [0.2, 0.25) is 5.02 Å². The first kappa shape index (κ1) is 16.5. The van der Waals surface area contributed by atoms with E-state index in [-0.39, 0.29) is 10.8 Å². The zero-order valence-electron chi connectivity index (χ0n) is 13.6. The molecule has 2 N–H and O–H groups in total. The number of aromatic nitrogens is 2. The van der Waals surface area contributed by atoms with Crippen molar-refractivity contribution in [1.82, 2.24) is 9.78 Å². The van der Waals surface area contributed by atoms with Gasteiger partial charge in [-0.25, -0.2) is 8.78 Å². The van der Waals surface area contributed by atoms with Gasteiger partial charge in [0.1, 0.15) is 11.3 Å². The number of halogens is 3. The Hall–Kier alpha value is -2.92. The number of nitrogens with zero attached hydrogens (tertiary/aromatic N) is 2. The topological polar surface area (TPSA) is 43.8 Å². The van der Waals surface area contributed by atoms with E-state index in [0.29, 0.717) is 28.7 Å². The minimum atomic E-state index is -0.541. The second-order valence-corrected chi connectivity index (χ2v) is 6.42. The average Bonchev–Trinajstić information content (AvgIpc) is 3.03. The second-order valence-electron chi connectivity index (χ2n) is 6.04. The van der Waals surface area contributed by atoms with E-state index in [1.165, 1.54) is 16.8 Å². The Morgan fingerprint density at radius 3 is 2.54 bits per heavy atom. The van der Waals surface area contributed by atoms with Crippen LogP contribution in [-0.4, -0.2) is 9.78 Å². The molecule has 0 bridgehead atoms. The summed E-state index contributed by atoms with van der Waals surface area (Å²) in [7, 11) is 0. The number of benzene rings is 3. The van der Waals surface area contributed by atoms with Crippen LogP contribution in [-0.2, 0) is 6.54 Å². The Morgan fingerprint density at radius 2 is 1.81 bits per heavy atom. The van der Waals surface area contributed by atoms with Crippen LogP contribution in [0, 0.1) is 11.6 Å². The smallest absolute Gasteiger partial charge is 0.168 e. The highest BCUT2D eigenvalue weighted by Crippen LogP contribution is 2.36. The zero-order valence-corrected chi connectivity index (χ0v) is 14.3. The first-order valence-corrected chi connectivity index (χ1v) is 8.34. The molecule has 130 valence electrons. The van der Waals surface area contributed by atoms with Gasteiger partial charge >= 0.3 is 0 Å². The molecule has 1 heterocycles. The molecular formula is C20H14ClF2N3. The van der Waals surface area contributed by atoms with Crippen LogP contribution in [0.4, 0.5) is 14.5 Å². The summed E-state index contributed by atoms with van der Waals surface area (Å²) in [5.41, 5.74) is 8.81. The monoisotopic (exact) mass is 369 g/mol. The summed E-state index contributed by atoms with van der Waals surface area (Å²) in [4.78, 5) is 0. The first-order chi connectivity index (χ1) is 12.5. The van der Waals surface area contributed by atoms with Gasteiger partial charge in [0.25, 0.3) is 0 Å². The van der Waals surface area contributed by atoms with Crippen LogP contribution in [0.1, 0.15) is 5.56 Å². The van der Waals surface area contributed by atoms with Gasteiger partial charge in [0, 0.05) is 16.6 Å². The van der Waals surface area contributed by atoms with Gasteiger partial charge in [0.05, 0.1) is 17.8 Å². The molecule has 0 aliphatic carbocycles. The SMILES string of the molecule is Nc1cccc(-c2cc3cnn(Cc4ccc(F)cc4)c3c(F)c2Cl)c1. The molecule has 3 nitrogen and oxygen atoms in total. The maximum atomic E-state index is 15.0. The standard InChI is InChI=1S/C20H14ClF2N3/c21-18-17(13-2-1-3-16(24)8-13)9-14-10-25-26(20(14)19(18)23)11-12-4-6-15(22)7-5-12/h1-10H,11,24H2. The van der Waals surface area contributed by atoms with Gasteiger partial charge in [-0.15, -0.1) is 0 Å². The number of rotatable bonds is 3. The van der Waals surface area contributed by atoms with Crippen LogP contribution in [0.15, 0.2) is 60.8 Å². The summed E-state index contributed by atoms with van der Waals surface area (Å²) in [6.45, 7) is 0.314. The zero-order chi connectivity index (χ0) is 18.3. The third kappa shape index (κ3) is 2.91. The van der Waals surface area contributed by atoms with Gasteiger partial charge in [-0.2, -0.15) is 5.10 Å². The first-order valence-electron chi connectivity index (χ1n) is 7.97. The van der Waals surface area contributed by atoms with Gasteiger partial charge < -0.3 is 5.73 Å². The highest BCUT2D eigenvalue weighted by molar-refractivity contribution is 6.34. The minimum absolute atomic E-state index is 0.0176. The molecule has 1 aromatic heterocycles. The Morgan fingerprint density at radius 1 is 1.04 bits per heavy atom. The summed E-state index contributed by atoms with van der Waals surface area (Å²) in [5.74, 6) is -0.860. The quantitative estimate of drug-likeness (QED) is 0.500. The number of nitrogens with two attached hydrogens (primary N) is 1. The third-order valence-corrected chi connectivity index (χ3v) is 4.62. The number of hydrogen-bond donors (Lipinski definition) is 1. The number of anilines is 1. The van der Waals surface area contributed by atoms with Crippen molar-refractivity contribution in [3.05, 3.63) is 83.0 Å². The van der Waals surface area contributed by atoms with E-state index >= 15 is 4.39 Å². The molecule has 4 aromatic rings. The van der Waals surface area contributed by atoms with Crippen LogP contribution < -0.4 is 5.73 Å². The Labute approximate surface area is 153 Å². The Kier molecular flexibility index (Phi) is 4.09. The highest BCUT2D eigenvalue weighted by Gasteiger charge is 2.17. The summed E-state index contributed by atoms with van der Waals surface area (Å²) in [6.07, 6.45) is 1.59. The van der Waals surface area contributed by atoms with Crippen molar-refractivity contribution in [2.24, 2.45) is 0 Å². The predicted octanol–water partition coefficient (Wildman–Crippen LogP) is 5.27. The lowest BCUT2D eigenvalue weighted by molar-refractivity contribution is 0.613. The van der Waals surface area contributed by atoms with Crippen molar-refractivity contribution >= 4 is 28.2 Å². The van der Waals surface area contributed by atoms with Crippen molar-refractivity contribution in [3.63, 3.8) is 0 Å². The molecule has 4 rings (SSSR count). The molecular weight excluding hydrogens is 356 g/mol. The van der Waals surface area contributed by atoms with Crippen LogP contribution in [0.5, 0.6) is 0 Å². The van der Waals surface area contributed by atoms with Crippen LogP contribution in [0.25, 0.3) is 22.0 Å². The van der Waals surface area contributed by atoms with Crippen LogP contribution in [0.3, 0.4) is 0 Å². The van der Waals surface area contributed by atoms with E-state index in [0.717, 1.165) is 11.1 Å². The molecule has 0 atom stereocenters. The lowest BCUT2D eigenvalue weighted by Gasteiger charge is -2.10. The summed E-state index contributed by atoms with van der Waals surface area (Å²) in [5, 5.41) is 4.92. The van der Waals surface area contributed by atoms with Gasteiger partial charge in [0.2, 0.25) is 0 Å². The molecule has 0 aliphatic heterocycles. The fourth-order valence-electron chi connectivity index (χ4n) is 2.99. The van der Waals surface area contributed by atoms with Crippen molar-refractivity contribution in [3.8, 4) is 11.1 Å². The lowest BCUT2D eigenvalue weighted by atomic mass is 10.0. The number of hydrogen-bond acceptors (Lipinski definition) is 2.